The summed E-state index contributed by atoms with van der Waals surface area (Å²) < 4.78 is 0. The first-order valence-corrected chi connectivity index (χ1v) is 20.4. The van der Waals surface area contributed by atoms with Gasteiger partial charge in [0.15, 0.2) is 0 Å². The van der Waals surface area contributed by atoms with Crippen LogP contribution in [-0.4, -0.2) is 16.9 Å². The maximum atomic E-state index is 3.31. The van der Waals surface area contributed by atoms with Gasteiger partial charge in [-0.15, -0.1) is 0 Å². The molecule has 0 aliphatic heterocycles. The standard InChI is InChI=1S/Br4Ge.H4Si/c1-5(2,3)4;/h;1H4. The van der Waals surface area contributed by atoms with Gasteiger partial charge in [-0.2, -0.15) is 0 Å². The van der Waals surface area contributed by atoms with Crippen molar-refractivity contribution in [2.24, 2.45) is 0 Å². The Bertz CT molecular complexity index is 23.0. The molecule has 0 spiro atoms. The first-order valence-electron chi connectivity index (χ1n) is 0.756. The van der Waals surface area contributed by atoms with E-state index in [4.69, 9.17) is 0 Å². The van der Waals surface area contributed by atoms with E-state index >= 15 is 0 Å². The van der Waals surface area contributed by atoms with Crippen LogP contribution in [0.1, 0.15) is 0 Å². The monoisotopic (exact) mass is 422 g/mol. The van der Waals surface area contributed by atoms with Gasteiger partial charge in [0.2, 0.25) is 0 Å². The SMILES string of the molecule is [Br][Ge]([Br])([Br])[Br].[SiH4]. The average Bonchev–Trinajstić information content (AvgIpc) is 0.722. The molecule has 0 aliphatic carbocycles. The predicted molar refractivity (Wildman–Crippen MR) is 52.8 cm³/mol. The van der Waals surface area contributed by atoms with Crippen molar-refractivity contribution in [2.45, 2.75) is 0 Å². The molecule has 0 atom stereocenters. The molecule has 6 heavy (non-hydrogen) atoms. The normalized spacial score (nSPS) is 10.0. The molecule has 0 radical (unpaired) electrons. The molecule has 0 N–H and O–H groups in total. The largest absolute Gasteiger partial charge is 0.0149 e. The fourth-order valence-electron chi connectivity index (χ4n) is 0. The van der Waals surface area contributed by atoms with Gasteiger partial charge in [-0.1, -0.05) is 0 Å². The zero-order chi connectivity index (χ0) is 4.50. The Morgan fingerprint density at radius 3 is 0.833 bits per heavy atom. The maximum absolute atomic E-state index is 3.31. The fourth-order valence-corrected chi connectivity index (χ4v) is 0. The van der Waals surface area contributed by atoms with E-state index in [-0.39, 0.29) is 11.0 Å². The van der Waals surface area contributed by atoms with Gasteiger partial charge < -0.3 is 0 Å². The molecule has 0 bridgehead atoms. The van der Waals surface area contributed by atoms with Crippen molar-refractivity contribution in [1.29, 1.82) is 0 Å². The third-order valence-electron chi connectivity index (χ3n) is 0. The van der Waals surface area contributed by atoms with E-state index in [0.29, 0.717) is 0 Å². The molecule has 40 valence electrons. The van der Waals surface area contributed by atoms with Gasteiger partial charge in [-0.3, -0.25) is 0 Å². The van der Waals surface area contributed by atoms with Crippen LogP contribution in [0, 0.1) is 0 Å². The second-order valence-electron chi connectivity index (χ2n) is 0.429. The Kier molecular flexibility index (Phi) is 8.70. The summed E-state index contributed by atoms with van der Waals surface area (Å²) in [6.07, 6.45) is 0. The topological polar surface area (TPSA) is 0 Å². The van der Waals surface area contributed by atoms with Crippen LogP contribution < -0.4 is 0 Å². The van der Waals surface area contributed by atoms with Crippen LogP contribution in [0.15, 0.2) is 0 Å². The second kappa shape index (κ2) is 4.55. The van der Waals surface area contributed by atoms with Crippen molar-refractivity contribution in [1.82, 2.24) is 0 Å². The minimum atomic E-state index is -1.75. The molecule has 0 aliphatic rings. The zero-order valence-electron chi connectivity index (χ0n) is 2.01. The molecule has 0 aromatic heterocycles. The minimum Gasteiger partial charge on any atom is -0.0149 e. The van der Waals surface area contributed by atoms with Crippen molar-refractivity contribution in [3.63, 3.8) is 0 Å². The van der Waals surface area contributed by atoms with E-state index in [9.17, 15) is 0 Å². The number of halogens is 4. The van der Waals surface area contributed by atoms with Crippen LogP contribution >= 0.6 is 56.0 Å². The maximum Gasteiger partial charge on any atom is -0.0149 e. The van der Waals surface area contributed by atoms with Gasteiger partial charge in [0.25, 0.3) is 0 Å². The fraction of sp³-hybridized carbons (Fsp3) is 0. The van der Waals surface area contributed by atoms with Crippen LogP contribution in [0.2, 0.25) is 0 Å². The van der Waals surface area contributed by atoms with Crippen molar-refractivity contribution in [3.8, 4) is 0 Å². The van der Waals surface area contributed by atoms with E-state index in [0.717, 1.165) is 0 Å². The molecule has 0 saturated carbocycles. The van der Waals surface area contributed by atoms with E-state index in [1.807, 2.05) is 0 Å². The number of rotatable bonds is 0. The van der Waals surface area contributed by atoms with Crippen molar-refractivity contribution in [2.75, 3.05) is 0 Å². The molecular formula is H4Br4GeSi. The summed E-state index contributed by atoms with van der Waals surface area (Å²) in [6, 6.07) is 0. The summed E-state index contributed by atoms with van der Waals surface area (Å²) in [4.78, 5) is 0. The van der Waals surface area contributed by atoms with E-state index in [1.165, 1.54) is 0 Å². The summed E-state index contributed by atoms with van der Waals surface area (Å²) in [5.41, 5.74) is 0. The van der Waals surface area contributed by atoms with E-state index in [1.54, 1.807) is 0 Å². The first-order chi connectivity index (χ1) is 2.00. The predicted octanol–water partition coefficient (Wildman–Crippen LogP) is 1.55. The first kappa shape index (κ1) is 11.5. The average molecular weight is 424 g/mol. The van der Waals surface area contributed by atoms with Crippen molar-refractivity contribution in [3.05, 3.63) is 0 Å². The van der Waals surface area contributed by atoms with Crippen LogP contribution in [0.5, 0.6) is 0 Å². The Balaban J connectivity index is 0. The molecule has 6 heteroatoms. The van der Waals surface area contributed by atoms with Gasteiger partial charge >= 0.3 is 61.9 Å². The molecule has 0 heterocycles. The molecule has 0 fully saturated rings. The molecule has 0 unspecified atom stereocenters. The number of hydrogen-bond donors (Lipinski definition) is 0. The summed E-state index contributed by atoms with van der Waals surface area (Å²) >= 11 is 13.2. The van der Waals surface area contributed by atoms with Gasteiger partial charge in [0.1, 0.15) is 0 Å². The van der Waals surface area contributed by atoms with Gasteiger partial charge in [0, 0.05) is 0 Å². The smallest absolute Gasteiger partial charge is 0.0149 e. The quantitative estimate of drug-likeness (QED) is 0.518. The van der Waals surface area contributed by atoms with Crippen molar-refractivity contribution < 1.29 is 0 Å². The Hall–Kier alpha value is 2.68. The Labute approximate surface area is 71.7 Å². The van der Waals surface area contributed by atoms with Crippen LogP contribution in [0.25, 0.3) is 0 Å². The number of hydrogen-bond acceptors (Lipinski definition) is 0. The molecule has 0 rings (SSSR count). The molecule has 0 saturated heterocycles. The van der Waals surface area contributed by atoms with Crippen molar-refractivity contribution >= 4 is 72.9 Å². The summed E-state index contributed by atoms with van der Waals surface area (Å²) in [7, 11) is 0. The third-order valence-corrected chi connectivity index (χ3v) is 0. The van der Waals surface area contributed by atoms with E-state index in [2.05, 4.69) is 56.0 Å². The summed E-state index contributed by atoms with van der Waals surface area (Å²) in [5.74, 6) is -1.75. The molecular weight excluding hydrogens is 420 g/mol. The third kappa shape index (κ3) is 30.0. The Morgan fingerprint density at radius 1 is 0.833 bits per heavy atom. The molecule has 0 aromatic rings. The van der Waals surface area contributed by atoms with Gasteiger partial charge in [-0.05, 0) is 11.0 Å². The van der Waals surface area contributed by atoms with E-state index < -0.39 is 5.90 Å². The molecule has 0 amide bonds. The minimum absolute atomic E-state index is 0. The van der Waals surface area contributed by atoms with Gasteiger partial charge in [-0.25, -0.2) is 0 Å². The van der Waals surface area contributed by atoms with Gasteiger partial charge in [0.05, 0.1) is 0 Å². The summed E-state index contributed by atoms with van der Waals surface area (Å²) in [6.45, 7) is 0. The van der Waals surface area contributed by atoms with Crippen LogP contribution in [-0.2, 0) is 0 Å². The summed E-state index contributed by atoms with van der Waals surface area (Å²) in [5, 5.41) is 0. The van der Waals surface area contributed by atoms with Crippen LogP contribution in [0.3, 0.4) is 0 Å². The molecule has 0 aromatic carbocycles. The Morgan fingerprint density at radius 2 is 0.833 bits per heavy atom. The molecule has 0 nitrogen and oxygen atoms in total. The van der Waals surface area contributed by atoms with Crippen LogP contribution in [0.4, 0.5) is 0 Å². The zero-order valence-corrected chi connectivity index (χ0v) is 10.5. The second-order valence-corrected chi connectivity index (χ2v) is 60.1.